The van der Waals surface area contributed by atoms with E-state index in [9.17, 15) is 9.59 Å². The number of benzene rings is 1. The first-order chi connectivity index (χ1) is 10.1. The average Bonchev–Trinajstić information content (AvgIpc) is 2.93. The van der Waals surface area contributed by atoms with Gasteiger partial charge in [-0.25, -0.2) is 9.78 Å². The van der Waals surface area contributed by atoms with Gasteiger partial charge in [-0.05, 0) is 18.2 Å². The zero-order valence-electron chi connectivity index (χ0n) is 10.7. The third-order valence-electron chi connectivity index (χ3n) is 2.90. The zero-order chi connectivity index (χ0) is 14.8. The maximum Gasteiger partial charge on any atom is 0.342 e. The molecule has 2 aromatic rings. The van der Waals surface area contributed by atoms with Crippen LogP contribution >= 0.6 is 0 Å². The van der Waals surface area contributed by atoms with Crippen LogP contribution in [-0.2, 0) is 0 Å². The predicted molar refractivity (Wildman–Crippen MR) is 73.3 cm³/mol. The van der Waals surface area contributed by atoms with Crippen molar-refractivity contribution >= 4 is 18.1 Å². The maximum absolute atomic E-state index is 11.5. The van der Waals surface area contributed by atoms with Crippen molar-refractivity contribution in [3.63, 3.8) is 0 Å². The van der Waals surface area contributed by atoms with Gasteiger partial charge in [-0.1, -0.05) is 12.1 Å². The molecule has 3 rings (SSSR count). The molecule has 1 aliphatic rings. The molecule has 0 atom stereocenters. The van der Waals surface area contributed by atoms with Gasteiger partial charge in [0.1, 0.15) is 11.4 Å². The highest BCUT2D eigenvalue weighted by atomic mass is 16.7. The maximum atomic E-state index is 11.5. The summed E-state index contributed by atoms with van der Waals surface area (Å²) in [5.74, 6) is 0.213. The Bertz CT molecular complexity index is 794. The first kappa shape index (κ1) is 12.9. The largest absolute Gasteiger partial charge is 0.477 e. The number of carboxylic acids is 1. The Kier molecular flexibility index (Phi) is 3.15. The van der Waals surface area contributed by atoms with Crippen molar-refractivity contribution in [2.45, 2.75) is 0 Å². The first-order valence-electron chi connectivity index (χ1n) is 6.04. The zero-order valence-corrected chi connectivity index (χ0v) is 10.7. The number of hydrogen-bond donors (Lipinski definition) is 2. The summed E-state index contributed by atoms with van der Waals surface area (Å²) in [7, 11) is 0. The minimum atomic E-state index is -1.31. The highest BCUT2D eigenvalue weighted by molar-refractivity contribution is 5.86. The molecule has 0 unspecified atom stereocenters. The number of hydrogen-bond acceptors (Lipinski definition) is 5. The lowest BCUT2D eigenvalue weighted by atomic mass is 10.1. The number of aromatic nitrogens is 2. The number of aromatic amines is 1. The van der Waals surface area contributed by atoms with Crippen molar-refractivity contribution in [2.24, 2.45) is 0 Å². The van der Waals surface area contributed by atoms with Crippen LogP contribution in [0.4, 0.5) is 0 Å². The molecule has 2 heterocycles. The number of carboxylic acid groups (broad SMARTS) is 1. The second-order valence-corrected chi connectivity index (χ2v) is 4.23. The van der Waals surface area contributed by atoms with Gasteiger partial charge in [0, 0.05) is 11.8 Å². The van der Waals surface area contributed by atoms with Gasteiger partial charge >= 0.3 is 5.97 Å². The second kappa shape index (κ2) is 5.12. The first-order valence-corrected chi connectivity index (χ1v) is 6.04. The molecule has 7 nitrogen and oxygen atoms in total. The van der Waals surface area contributed by atoms with Gasteiger partial charge in [0.15, 0.2) is 11.5 Å². The van der Waals surface area contributed by atoms with E-state index >= 15 is 0 Å². The summed E-state index contributed by atoms with van der Waals surface area (Å²) < 4.78 is 10.6. The van der Waals surface area contributed by atoms with E-state index in [4.69, 9.17) is 14.6 Å². The van der Waals surface area contributed by atoms with Crippen LogP contribution in [0.2, 0.25) is 0 Å². The molecule has 0 fully saturated rings. The lowest BCUT2D eigenvalue weighted by Gasteiger charge is -2.00. The van der Waals surface area contributed by atoms with E-state index in [0.717, 1.165) is 11.8 Å². The van der Waals surface area contributed by atoms with E-state index in [1.54, 1.807) is 18.2 Å². The quantitative estimate of drug-likeness (QED) is 0.883. The Morgan fingerprint density at radius 1 is 1.33 bits per heavy atom. The number of ether oxygens (including phenoxy) is 2. The molecule has 2 N–H and O–H groups in total. The molecule has 106 valence electrons. The van der Waals surface area contributed by atoms with Crippen LogP contribution in [0, 0.1) is 0 Å². The predicted octanol–water partition coefficient (Wildman–Crippen LogP) is 1.37. The lowest BCUT2D eigenvalue weighted by Crippen LogP contribution is -2.18. The Morgan fingerprint density at radius 2 is 2.19 bits per heavy atom. The number of carbonyl (C=O) groups is 1. The van der Waals surface area contributed by atoms with Gasteiger partial charge in [0.2, 0.25) is 6.79 Å². The van der Waals surface area contributed by atoms with Crippen molar-refractivity contribution < 1.29 is 19.4 Å². The standard InChI is InChI=1S/C14H10N2O5/c17-13-9(14(18)19)6-15-11(16-13)5-4-8-2-1-3-10-12(8)21-7-20-10/h1-6H,7H2,(H,18,19)(H,15,16,17)/b5-4+. The van der Waals surface area contributed by atoms with E-state index in [2.05, 4.69) is 9.97 Å². The van der Waals surface area contributed by atoms with Crippen LogP contribution in [0.15, 0.2) is 29.2 Å². The molecule has 1 aromatic heterocycles. The van der Waals surface area contributed by atoms with E-state index in [0.29, 0.717) is 11.5 Å². The minimum Gasteiger partial charge on any atom is -0.477 e. The Balaban J connectivity index is 1.91. The van der Waals surface area contributed by atoms with Gasteiger partial charge in [-0.15, -0.1) is 0 Å². The molecule has 0 amide bonds. The van der Waals surface area contributed by atoms with Crippen molar-refractivity contribution in [3.8, 4) is 11.5 Å². The number of H-pyrrole nitrogens is 1. The fraction of sp³-hybridized carbons (Fsp3) is 0.0714. The molecule has 0 saturated carbocycles. The van der Waals surface area contributed by atoms with Crippen molar-refractivity contribution in [3.05, 3.63) is 51.7 Å². The summed E-state index contributed by atoms with van der Waals surface area (Å²) in [5.41, 5.74) is -0.325. The highest BCUT2D eigenvalue weighted by Gasteiger charge is 2.15. The number of nitrogens with zero attached hydrogens (tertiary/aromatic N) is 1. The van der Waals surface area contributed by atoms with Crippen molar-refractivity contribution in [1.29, 1.82) is 0 Å². The normalized spacial score (nSPS) is 12.8. The Hall–Kier alpha value is -3.09. The van der Waals surface area contributed by atoms with Crippen LogP contribution in [0.3, 0.4) is 0 Å². The molecular weight excluding hydrogens is 276 g/mol. The summed E-state index contributed by atoms with van der Waals surface area (Å²) in [5, 5.41) is 8.76. The Labute approximate surface area is 118 Å². The number of rotatable bonds is 3. The molecule has 21 heavy (non-hydrogen) atoms. The molecule has 0 bridgehead atoms. The van der Waals surface area contributed by atoms with Crippen LogP contribution < -0.4 is 15.0 Å². The summed E-state index contributed by atoms with van der Waals surface area (Å²) >= 11 is 0. The third kappa shape index (κ3) is 2.48. The minimum absolute atomic E-state index is 0.169. The van der Waals surface area contributed by atoms with Crippen LogP contribution in [-0.4, -0.2) is 27.8 Å². The van der Waals surface area contributed by atoms with Gasteiger partial charge in [0.05, 0.1) is 0 Å². The van der Waals surface area contributed by atoms with Crippen LogP contribution in [0.5, 0.6) is 11.5 Å². The van der Waals surface area contributed by atoms with Crippen LogP contribution in [0.1, 0.15) is 21.7 Å². The lowest BCUT2D eigenvalue weighted by molar-refractivity contribution is 0.0694. The Morgan fingerprint density at radius 3 is 2.95 bits per heavy atom. The highest BCUT2D eigenvalue weighted by Crippen LogP contribution is 2.36. The smallest absolute Gasteiger partial charge is 0.342 e. The average molecular weight is 286 g/mol. The topological polar surface area (TPSA) is 102 Å². The van der Waals surface area contributed by atoms with Crippen LogP contribution in [0.25, 0.3) is 12.2 Å². The van der Waals surface area contributed by atoms with Gasteiger partial charge in [-0.3, -0.25) is 4.79 Å². The third-order valence-corrected chi connectivity index (χ3v) is 2.90. The molecule has 0 spiro atoms. The summed E-state index contributed by atoms with van der Waals surface area (Å²) in [6.07, 6.45) is 4.28. The number of aromatic carboxylic acids is 1. The van der Waals surface area contributed by atoms with E-state index < -0.39 is 17.1 Å². The molecule has 0 aliphatic carbocycles. The summed E-state index contributed by atoms with van der Waals surface area (Å²) in [4.78, 5) is 28.5. The molecule has 7 heteroatoms. The van der Waals surface area contributed by atoms with E-state index in [1.807, 2.05) is 12.1 Å². The summed E-state index contributed by atoms with van der Waals surface area (Å²) in [6.45, 7) is 0.169. The molecule has 0 radical (unpaired) electrons. The van der Waals surface area contributed by atoms with Gasteiger partial charge < -0.3 is 19.6 Å². The fourth-order valence-electron chi connectivity index (χ4n) is 1.90. The van der Waals surface area contributed by atoms with Crippen molar-refractivity contribution in [1.82, 2.24) is 9.97 Å². The van der Waals surface area contributed by atoms with Gasteiger partial charge in [-0.2, -0.15) is 0 Å². The summed E-state index contributed by atoms with van der Waals surface area (Å²) in [6, 6.07) is 5.44. The number of fused-ring (bicyclic) bond motifs is 1. The molecule has 1 aromatic carbocycles. The fourth-order valence-corrected chi connectivity index (χ4v) is 1.90. The number of para-hydroxylation sites is 1. The van der Waals surface area contributed by atoms with E-state index in [1.165, 1.54) is 0 Å². The number of nitrogens with one attached hydrogen (secondary N) is 1. The molecule has 0 saturated heterocycles. The molecule has 1 aliphatic heterocycles. The monoisotopic (exact) mass is 286 g/mol. The van der Waals surface area contributed by atoms with Gasteiger partial charge in [0.25, 0.3) is 5.56 Å². The second-order valence-electron chi connectivity index (χ2n) is 4.23. The SMILES string of the molecule is O=C(O)c1cnc(/C=C/c2cccc3c2OCO3)[nH]c1=O. The molecular formula is C14H10N2O5. The van der Waals surface area contributed by atoms with E-state index in [-0.39, 0.29) is 12.6 Å². The van der Waals surface area contributed by atoms with Crippen molar-refractivity contribution in [2.75, 3.05) is 6.79 Å².